The van der Waals surface area contributed by atoms with Gasteiger partial charge < -0.3 is 16.0 Å². The summed E-state index contributed by atoms with van der Waals surface area (Å²) >= 11 is 1.16. The third kappa shape index (κ3) is 4.01. The summed E-state index contributed by atoms with van der Waals surface area (Å²) < 4.78 is 29.1. The number of nitrogens with two attached hydrogens (primary N) is 1. The van der Waals surface area contributed by atoms with Crippen LogP contribution in [0.3, 0.4) is 0 Å². The van der Waals surface area contributed by atoms with Crippen LogP contribution in [-0.4, -0.2) is 51.2 Å². The van der Waals surface area contributed by atoms with Crippen LogP contribution < -0.4 is 11.1 Å². The maximum atomic E-state index is 15.2. The Morgan fingerprint density at radius 2 is 2.19 bits per heavy atom. The zero-order valence-corrected chi connectivity index (χ0v) is 20.1. The molecule has 2 amide bonds. The van der Waals surface area contributed by atoms with Gasteiger partial charge in [-0.25, -0.2) is 8.78 Å². The molecule has 1 saturated carbocycles. The first-order chi connectivity index (χ1) is 17.2. The minimum absolute atomic E-state index is 0.0288. The van der Waals surface area contributed by atoms with Gasteiger partial charge in [0.2, 0.25) is 11.8 Å². The number of hydrogen-bond acceptors (Lipinski definition) is 7. The van der Waals surface area contributed by atoms with Gasteiger partial charge in [-0.2, -0.15) is 5.26 Å². The van der Waals surface area contributed by atoms with Gasteiger partial charge in [0.1, 0.15) is 22.5 Å². The molecule has 1 saturated heterocycles. The van der Waals surface area contributed by atoms with E-state index in [-0.39, 0.29) is 40.7 Å². The van der Waals surface area contributed by atoms with Crippen molar-refractivity contribution in [2.75, 3.05) is 19.6 Å². The number of rotatable bonds is 4. The Balaban J connectivity index is 1.47. The molecule has 5 rings (SSSR count). The molecular weight excluding hydrogens is 486 g/mol. The van der Waals surface area contributed by atoms with Crippen molar-refractivity contribution in [3.05, 3.63) is 64.7 Å². The van der Waals surface area contributed by atoms with Gasteiger partial charge in [-0.15, -0.1) is 0 Å². The normalized spacial score (nSPS) is 27.4. The largest absolute Gasteiger partial charge is 0.378 e. The second-order valence-corrected chi connectivity index (χ2v) is 10.5. The molecule has 1 aliphatic carbocycles. The number of thioether (sulfide) groups is 1. The summed E-state index contributed by atoms with van der Waals surface area (Å²) in [6.45, 7) is 2.47. The topological polar surface area (TPSA) is 124 Å². The Morgan fingerprint density at radius 1 is 1.39 bits per heavy atom. The number of carbonyl (C=O) groups excluding carboxylic acids is 2. The first kappa shape index (κ1) is 23.9. The number of amides is 2. The van der Waals surface area contributed by atoms with E-state index in [1.165, 1.54) is 47.5 Å². The summed E-state index contributed by atoms with van der Waals surface area (Å²) in [7, 11) is 0. The molecule has 3 aliphatic rings. The van der Waals surface area contributed by atoms with Crippen molar-refractivity contribution in [3.8, 4) is 6.07 Å². The predicted octanol–water partition coefficient (Wildman–Crippen LogP) is 2.55. The van der Waals surface area contributed by atoms with E-state index in [4.69, 9.17) is 11.0 Å². The molecule has 3 N–H and O–H groups in total. The second-order valence-electron chi connectivity index (χ2n) is 9.20. The van der Waals surface area contributed by atoms with Crippen LogP contribution in [0.15, 0.2) is 41.5 Å². The number of carbonyl (C=O) groups is 2. The number of hydrogen-bond donors (Lipinski definition) is 2. The fourth-order valence-electron chi connectivity index (χ4n) is 4.98. The minimum Gasteiger partial charge on any atom is -0.378 e. The average molecular weight is 509 g/mol. The predicted molar refractivity (Wildman–Crippen MR) is 131 cm³/mol. The number of pyridine rings is 1. The SMILES string of the molecule is C[C@]1(c2cc(C=C(F)c3ccc(C#N)cn3)ccc2F)N=C(N)S[C@@]2(C(=O)N3CCNC(=O)C3)C[C@H]21. The van der Waals surface area contributed by atoms with Gasteiger partial charge >= 0.3 is 0 Å². The van der Waals surface area contributed by atoms with Crippen molar-refractivity contribution in [2.45, 2.75) is 23.6 Å². The van der Waals surface area contributed by atoms with Crippen molar-refractivity contribution in [1.82, 2.24) is 15.2 Å². The van der Waals surface area contributed by atoms with Crippen molar-refractivity contribution >= 4 is 40.6 Å². The highest BCUT2D eigenvalue weighted by atomic mass is 32.2. The number of halogens is 2. The Bertz CT molecular complexity index is 1370. The van der Waals surface area contributed by atoms with Crippen LogP contribution in [0.1, 0.15) is 35.7 Å². The maximum Gasteiger partial charge on any atom is 0.240 e. The fraction of sp³-hybridized carbons (Fsp3) is 0.320. The van der Waals surface area contributed by atoms with E-state index in [0.717, 1.165) is 11.8 Å². The quantitative estimate of drug-likeness (QED) is 0.654. The summed E-state index contributed by atoms with van der Waals surface area (Å²) in [5.41, 5.74) is 5.93. The monoisotopic (exact) mass is 508 g/mol. The molecule has 0 radical (unpaired) electrons. The van der Waals surface area contributed by atoms with Crippen LogP contribution >= 0.6 is 11.8 Å². The van der Waals surface area contributed by atoms with Gasteiger partial charge in [0.25, 0.3) is 0 Å². The van der Waals surface area contributed by atoms with E-state index < -0.39 is 21.9 Å². The number of benzene rings is 1. The van der Waals surface area contributed by atoms with E-state index in [9.17, 15) is 14.0 Å². The van der Waals surface area contributed by atoms with Gasteiger partial charge in [0, 0.05) is 30.8 Å². The number of aliphatic imine (C=N–C) groups is 1. The molecule has 8 nitrogen and oxygen atoms in total. The zero-order valence-electron chi connectivity index (χ0n) is 19.3. The molecule has 2 aromatic rings. The number of nitrogens with zero attached hydrogens (tertiary/aromatic N) is 4. The van der Waals surface area contributed by atoms with Crippen LogP contribution in [0.25, 0.3) is 11.9 Å². The molecule has 0 unspecified atom stereocenters. The lowest BCUT2D eigenvalue weighted by molar-refractivity contribution is -0.138. The molecule has 0 bridgehead atoms. The van der Waals surface area contributed by atoms with Crippen LogP contribution in [0.4, 0.5) is 8.78 Å². The smallest absolute Gasteiger partial charge is 0.240 e. The standard InChI is InChI=1S/C25H22F2N6O2S/c1-24(20-10-25(20,36-23(29)32-24)22(35)33-7-6-30-21(34)13-33)16-8-14(2-4-17(16)26)9-18(27)19-5-3-15(11-28)12-31-19/h2-5,8-9,12,20H,6-7,10,13H2,1H3,(H2,29,32)(H,30,34)/t20-,24+,25-/m0/s1. The Morgan fingerprint density at radius 3 is 2.89 bits per heavy atom. The van der Waals surface area contributed by atoms with E-state index >= 15 is 4.39 Å². The number of piperazine rings is 1. The first-order valence-electron chi connectivity index (χ1n) is 11.3. The molecular formula is C25H22F2N6O2S. The molecule has 3 atom stereocenters. The van der Waals surface area contributed by atoms with Gasteiger partial charge in [0.05, 0.1) is 23.3 Å². The molecule has 2 fully saturated rings. The molecule has 184 valence electrons. The Labute approximate surface area is 210 Å². The summed E-state index contributed by atoms with van der Waals surface area (Å²) in [6, 6.07) is 8.96. The lowest BCUT2D eigenvalue weighted by Crippen LogP contribution is -2.54. The van der Waals surface area contributed by atoms with Crippen molar-refractivity contribution in [2.24, 2.45) is 16.6 Å². The van der Waals surface area contributed by atoms with Crippen LogP contribution in [-0.2, 0) is 15.1 Å². The first-order valence-corrected chi connectivity index (χ1v) is 12.1. The molecule has 1 aromatic heterocycles. The van der Waals surface area contributed by atoms with Gasteiger partial charge in [0.15, 0.2) is 5.17 Å². The van der Waals surface area contributed by atoms with E-state index in [2.05, 4.69) is 15.3 Å². The summed E-state index contributed by atoms with van der Waals surface area (Å²) in [6.07, 6.45) is 2.92. The fourth-order valence-corrected chi connectivity index (χ4v) is 6.42. The van der Waals surface area contributed by atoms with Gasteiger partial charge in [-0.3, -0.25) is 19.6 Å². The highest BCUT2D eigenvalue weighted by molar-refractivity contribution is 8.15. The number of fused-ring (bicyclic) bond motifs is 1. The van der Waals surface area contributed by atoms with Crippen molar-refractivity contribution < 1.29 is 18.4 Å². The van der Waals surface area contributed by atoms with Crippen molar-refractivity contribution in [3.63, 3.8) is 0 Å². The Kier molecular flexibility index (Phi) is 5.79. The molecule has 36 heavy (non-hydrogen) atoms. The molecule has 2 aliphatic heterocycles. The number of nitrogens with one attached hydrogen (secondary N) is 1. The van der Waals surface area contributed by atoms with E-state index in [0.29, 0.717) is 30.6 Å². The van der Waals surface area contributed by atoms with E-state index in [1.54, 1.807) is 6.92 Å². The number of amidine groups is 1. The number of nitriles is 1. The highest BCUT2D eigenvalue weighted by Gasteiger charge is 2.71. The lowest BCUT2D eigenvalue weighted by Gasteiger charge is -2.36. The average Bonchev–Trinajstić information content (AvgIpc) is 3.61. The van der Waals surface area contributed by atoms with E-state index in [1.807, 2.05) is 6.07 Å². The summed E-state index contributed by atoms with van der Waals surface area (Å²) in [5.74, 6) is -1.97. The minimum atomic E-state index is -1.15. The third-order valence-electron chi connectivity index (χ3n) is 6.87. The Hall–Kier alpha value is -3.78. The van der Waals surface area contributed by atoms with Crippen LogP contribution in [0.5, 0.6) is 0 Å². The van der Waals surface area contributed by atoms with Gasteiger partial charge in [-0.05, 0) is 49.2 Å². The van der Waals surface area contributed by atoms with Crippen molar-refractivity contribution in [1.29, 1.82) is 5.26 Å². The molecule has 0 spiro atoms. The van der Waals surface area contributed by atoms with Gasteiger partial charge in [-0.1, -0.05) is 17.8 Å². The zero-order chi connectivity index (χ0) is 25.7. The third-order valence-corrected chi connectivity index (χ3v) is 8.16. The molecule has 3 heterocycles. The lowest BCUT2D eigenvalue weighted by atomic mass is 9.84. The van der Waals surface area contributed by atoms with Crippen LogP contribution in [0.2, 0.25) is 0 Å². The second kappa shape index (κ2) is 8.71. The van der Waals surface area contributed by atoms with Crippen LogP contribution in [0, 0.1) is 23.1 Å². The number of aromatic nitrogens is 1. The summed E-state index contributed by atoms with van der Waals surface area (Å²) in [4.78, 5) is 35.3. The summed E-state index contributed by atoms with van der Waals surface area (Å²) in [5, 5.41) is 11.8. The molecule has 11 heteroatoms. The molecule has 1 aromatic carbocycles. The maximum absolute atomic E-state index is 15.2. The highest BCUT2D eigenvalue weighted by Crippen LogP contribution is 2.66.